The van der Waals surface area contributed by atoms with Crippen molar-refractivity contribution in [3.8, 4) is 0 Å². The van der Waals surface area contributed by atoms with Crippen LogP contribution in [0.5, 0.6) is 0 Å². The van der Waals surface area contributed by atoms with Crippen LogP contribution in [0.2, 0.25) is 5.02 Å². The molecule has 1 aromatic heterocycles. The quantitative estimate of drug-likeness (QED) is 0.526. The zero-order valence-corrected chi connectivity index (χ0v) is 18.6. The molecule has 11 heteroatoms. The highest BCUT2D eigenvalue weighted by atomic mass is 35.5. The van der Waals surface area contributed by atoms with Crippen molar-refractivity contribution in [1.82, 2.24) is 9.88 Å². The molecule has 2 fully saturated rings. The van der Waals surface area contributed by atoms with Crippen molar-refractivity contribution in [2.45, 2.75) is 30.2 Å². The minimum atomic E-state index is -4.73. The van der Waals surface area contributed by atoms with Gasteiger partial charge in [-0.3, -0.25) is 4.72 Å². The van der Waals surface area contributed by atoms with Crippen LogP contribution in [0, 0.1) is 23.0 Å². The zero-order chi connectivity index (χ0) is 22.6. The molecule has 0 bridgehead atoms. The number of nitrogens with one attached hydrogen (secondary N) is 1. The topological polar surface area (TPSA) is 65.5 Å². The van der Waals surface area contributed by atoms with Crippen LogP contribution >= 0.6 is 11.6 Å². The number of anilines is 2. The minimum Gasteiger partial charge on any atom is -0.370 e. The third-order valence-electron chi connectivity index (χ3n) is 6.29. The van der Waals surface area contributed by atoms with Crippen LogP contribution in [0.1, 0.15) is 19.3 Å². The molecule has 6 nitrogen and oxygen atoms in total. The van der Waals surface area contributed by atoms with Crippen molar-refractivity contribution in [1.29, 1.82) is 0 Å². The molecule has 2 atom stereocenters. The van der Waals surface area contributed by atoms with Gasteiger partial charge in [-0.05, 0) is 45.5 Å². The van der Waals surface area contributed by atoms with E-state index in [1.807, 2.05) is 23.7 Å². The molecule has 0 unspecified atom stereocenters. The van der Waals surface area contributed by atoms with Gasteiger partial charge in [0.2, 0.25) is 5.95 Å². The number of benzene rings is 1. The van der Waals surface area contributed by atoms with Crippen LogP contribution in [-0.4, -0.2) is 51.5 Å². The highest BCUT2D eigenvalue weighted by Crippen LogP contribution is 2.51. The van der Waals surface area contributed by atoms with E-state index in [-0.39, 0.29) is 11.1 Å². The van der Waals surface area contributed by atoms with Gasteiger partial charge in [-0.2, -0.15) is 4.39 Å². The molecular formula is C20H22ClF3N4O2S. The molecule has 1 saturated carbocycles. The number of sulfonamides is 1. The summed E-state index contributed by atoms with van der Waals surface area (Å²) in [6.45, 7) is 1.16. The standard InChI is InChI=1S/C20H22ClF3N4O2S/c1-27(2)14-6-7-20(14)8-9-28(11-20)13-10-12(22)19(18(24)17(13)21)31(29,30)26-16-5-3-4-15(23)25-16/h3-5,10,14H,6-9,11H2,1-2H3,(H,25,26)/t14-,20-/m1/s1. The van der Waals surface area contributed by atoms with E-state index in [4.69, 9.17) is 11.6 Å². The lowest BCUT2D eigenvalue weighted by molar-refractivity contribution is 0.0177. The molecule has 4 rings (SSSR count). The summed E-state index contributed by atoms with van der Waals surface area (Å²) in [4.78, 5) is 6.10. The van der Waals surface area contributed by atoms with Crippen molar-refractivity contribution in [3.05, 3.63) is 46.9 Å². The summed E-state index contributed by atoms with van der Waals surface area (Å²) in [6.07, 6.45) is 2.95. The van der Waals surface area contributed by atoms with Gasteiger partial charge >= 0.3 is 0 Å². The lowest BCUT2D eigenvalue weighted by Crippen LogP contribution is -2.54. The Labute approximate surface area is 184 Å². The first-order chi connectivity index (χ1) is 14.5. The van der Waals surface area contributed by atoms with Crippen LogP contribution < -0.4 is 9.62 Å². The maximum absolute atomic E-state index is 15.0. The predicted octanol–water partition coefficient (Wildman–Crippen LogP) is 3.87. The van der Waals surface area contributed by atoms with Crippen molar-refractivity contribution in [2.24, 2.45) is 5.41 Å². The maximum Gasteiger partial charge on any atom is 0.268 e. The molecule has 1 aromatic carbocycles. The number of aromatic nitrogens is 1. The molecule has 2 aromatic rings. The van der Waals surface area contributed by atoms with Crippen molar-refractivity contribution in [3.63, 3.8) is 0 Å². The van der Waals surface area contributed by atoms with E-state index in [2.05, 4.69) is 9.88 Å². The lowest BCUT2D eigenvalue weighted by atomic mass is 9.63. The fraction of sp³-hybridized carbons (Fsp3) is 0.450. The van der Waals surface area contributed by atoms with Crippen LogP contribution in [0.4, 0.5) is 24.7 Å². The molecule has 0 amide bonds. The minimum absolute atomic E-state index is 0.0368. The van der Waals surface area contributed by atoms with E-state index in [1.165, 1.54) is 6.07 Å². The van der Waals surface area contributed by atoms with Crippen molar-refractivity contribution in [2.75, 3.05) is 36.8 Å². The summed E-state index contributed by atoms with van der Waals surface area (Å²) in [5.41, 5.74) is 0.163. The van der Waals surface area contributed by atoms with Gasteiger partial charge in [0, 0.05) is 30.6 Å². The van der Waals surface area contributed by atoms with E-state index in [9.17, 15) is 17.2 Å². The molecule has 1 aliphatic heterocycles. The van der Waals surface area contributed by atoms with Gasteiger partial charge < -0.3 is 9.80 Å². The van der Waals surface area contributed by atoms with E-state index in [0.717, 1.165) is 37.5 Å². The van der Waals surface area contributed by atoms with Gasteiger partial charge in [-0.15, -0.1) is 0 Å². The Kier molecular flexibility index (Phi) is 5.60. The number of rotatable bonds is 5. The molecule has 1 spiro atoms. The van der Waals surface area contributed by atoms with Gasteiger partial charge in [-0.25, -0.2) is 22.2 Å². The monoisotopic (exact) mass is 474 g/mol. The van der Waals surface area contributed by atoms with Gasteiger partial charge in [0.05, 0.1) is 5.69 Å². The predicted molar refractivity (Wildman–Crippen MR) is 112 cm³/mol. The summed E-state index contributed by atoms with van der Waals surface area (Å²) in [6, 6.07) is 4.72. The lowest BCUT2D eigenvalue weighted by Gasteiger charge is -2.50. The van der Waals surface area contributed by atoms with Crippen LogP contribution in [0.25, 0.3) is 0 Å². The molecule has 0 radical (unpaired) electrons. The SMILES string of the molecule is CN(C)[C@@H]1CC[C@]12CCN(c1cc(F)c(S(=O)(=O)Nc3cccc(F)n3)c(F)c1Cl)C2. The summed E-state index contributed by atoms with van der Waals surface area (Å²) in [5, 5.41) is -0.466. The molecule has 1 N–H and O–H groups in total. The van der Waals surface area contributed by atoms with E-state index in [1.54, 1.807) is 0 Å². The molecular weight excluding hydrogens is 453 g/mol. The fourth-order valence-electron chi connectivity index (χ4n) is 4.76. The highest BCUT2D eigenvalue weighted by Gasteiger charge is 2.52. The van der Waals surface area contributed by atoms with E-state index < -0.39 is 43.3 Å². The Hall–Kier alpha value is -2.04. The molecule has 1 aliphatic carbocycles. The average Bonchev–Trinajstić information content (AvgIpc) is 3.10. The second-order valence-electron chi connectivity index (χ2n) is 8.34. The largest absolute Gasteiger partial charge is 0.370 e. The number of halogens is 4. The molecule has 2 aliphatic rings. The Morgan fingerprint density at radius 1 is 1.26 bits per heavy atom. The Balaban J connectivity index is 1.64. The maximum atomic E-state index is 15.0. The van der Waals surface area contributed by atoms with Gasteiger partial charge in [-0.1, -0.05) is 17.7 Å². The highest BCUT2D eigenvalue weighted by molar-refractivity contribution is 7.92. The first-order valence-corrected chi connectivity index (χ1v) is 11.6. The summed E-state index contributed by atoms with van der Waals surface area (Å²) >= 11 is 6.18. The third-order valence-corrected chi connectivity index (χ3v) is 8.04. The number of hydrogen-bond acceptors (Lipinski definition) is 5. The summed E-state index contributed by atoms with van der Waals surface area (Å²) < 4.78 is 70.2. The average molecular weight is 475 g/mol. The van der Waals surface area contributed by atoms with Gasteiger partial charge in [0.25, 0.3) is 10.0 Å². The second-order valence-corrected chi connectivity index (χ2v) is 10.3. The first kappa shape index (κ1) is 22.2. The Morgan fingerprint density at radius 2 is 2.00 bits per heavy atom. The van der Waals surface area contributed by atoms with E-state index >= 15 is 4.39 Å². The number of nitrogens with zero attached hydrogens (tertiary/aromatic N) is 3. The Bertz CT molecular complexity index is 1130. The first-order valence-electron chi connectivity index (χ1n) is 9.78. The normalized spacial score (nSPS) is 23.5. The van der Waals surface area contributed by atoms with E-state index in [0.29, 0.717) is 19.1 Å². The smallest absolute Gasteiger partial charge is 0.268 e. The molecule has 1 saturated heterocycles. The molecule has 31 heavy (non-hydrogen) atoms. The van der Waals surface area contributed by atoms with Gasteiger partial charge in [0.15, 0.2) is 10.7 Å². The van der Waals surface area contributed by atoms with Crippen molar-refractivity contribution < 1.29 is 21.6 Å². The second kappa shape index (κ2) is 7.83. The zero-order valence-electron chi connectivity index (χ0n) is 17.0. The van der Waals surface area contributed by atoms with Crippen molar-refractivity contribution >= 4 is 33.1 Å². The summed E-state index contributed by atoms with van der Waals surface area (Å²) in [7, 11) is -0.700. The number of pyridine rings is 1. The van der Waals surface area contributed by atoms with Crippen LogP contribution in [-0.2, 0) is 10.0 Å². The van der Waals surface area contributed by atoms with Crippen LogP contribution in [0.3, 0.4) is 0 Å². The number of hydrogen-bond donors (Lipinski definition) is 1. The van der Waals surface area contributed by atoms with Gasteiger partial charge in [0.1, 0.15) is 16.7 Å². The Morgan fingerprint density at radius 3 is 2.61 bits per heavy atom. The molecule has 2 heterocycles. The van der Waals surface area contributed by atoms with Crippen LogP contribution in [0.15, 0.2) is 29.2 Å². The summed E-state index contributed by atoms with van der Waals surface area (Å²) in [5.74, 6) is -4.01. The molecule has 168 valence electrons. The third kappa shape index (κ3) is 3.85. The fourth-order valence-corrected chi connectivity index (χ4v) is 6.23.